The first-order valence-electron chi connectivity index (χ1n) is 3.37. The lowest BCUT2D eigenvalue weighted by molar-refractivity contribution is 0.455. The quantitative estimate of drug-likeness (QED) is 0.737. The molecule has 0 saturated carbocycles. The van der Waals surface area contributed by atoms with Gasteiger partial charge in [0.2, 0.25) is 0 Å². The minimum atomic E-state index is -5.06. The monoisotopic (exact) mass is 256 g/mol. The average molecular weight is 256 g/mol. The third kappa shape index (κ3) is 2.50. The molecule has 84 valence electrons. The summed E-state index contributed by atoms with van der Waals surface area (Å²) in [7, 11) is -9.98. The van der Waals surface area contributed by atoms with Gasteiger partial charge in [0.1, 0.15) is 10.7 Å². The van der Waals surface area contributed by atoms with Crippen molar-refractivity contribution in [3.05, 3.63) is 24.0 Å². The van der Waals surface area contributed by atoms with Crippen LogP contribution < -0.4 is 0 Å². The fraction of sp³-hybridized carbons (Fsp3) is 0. The molecule has 0 bridgehead atoms. The lowest BCUT2D eigenvalue weighted by Crippen LogP contribution is -2.10. The fourth-order valence-corrected chi connectivity index (χ4v) is 2.79. The highest BCUT2D eigenvalue weighted by atomic mass is 32.2. The van der Waals surface area contributed by atoms with Gasteiger partial charge in [-0.3, -0.25) is 9.11 Å². The predicted octanol–water partition coefficient (Wildman–Crippen LogP) is 0.319. The summed E-state index contributed by atoms with van der Waals surface area (Å²) in [6.45, 7) is 0. The zero-order valence-corrected chi connectivity index (χ0v) is 8.59. The maximum atomic E-state index is 13.0. The SMILES string of the molecule is O=S(=O)(O)c1cccc(F)c1S(=O)(=O)O. The van der Waals surface area contributed by atoms with E-state index in [9.17, 15) is 21.2 Å². The molecule has 0 unspecified atom stereocenters. The van der Waals surface area contributed by atoms with Crippen LogP contribution in [0.25, 0.3) is 0 Å². The van der Waals surface area contributed by atoms with Crippen molar-refractivity contribution in [3.63, 3.8) is 0 Å². The van der Waals surface area contributed by atoms with Gasteiger partial charge < -0.3 is 0 Å². The first-order valence-corrected chi connectivity index (χ1v) is 6.25. The Morgan fingerprint density at radius 2 is 1.53 bits per heavy atom. The summed E-state index contributed by atoms with van der Waals surface area (Å²) in [5.41, 5.74) is 0. The Morgan fingerprint density at radius 3 is 1.87 bits per heavy atom. The van der Waals surface area contributed by atoms with Crippen LogP contribution in [0.5, 0.6) is 0 Å². The van der Waals surface area contributed by atoms with E-state index in [2.05, 4.69) is 0 Å². The summed E-state index contributed by atoms with van der Waals surface area (Å²) in [6.07, 6.45) is 0. The molecule has 0 amide bonds. The zero-order valence-electron chi connectivity index (χ0n) is 6.95. The van der Waals surface area contributed by atoms with Gasteiger partial charge >= 0.3 is 0 Å². The van der Waals surface area contributed by atoms with Crippen LogP contribution in [0, 0.1) is 5.82 Å². The predicted molar refractivity (Wildman–Crippen MR) is 46.0 cm³/mol. The third-order valence-corrected chi connectivity index (χ3v) is 3.42. The van der Waals surface area contributed by atoms with Crippen LogP contribution in [0.4, 0.5) is 4.39 Å². The summed E-state index contributed by atoms with van der Waals surface area (Å²) in [5, 5.41) is 0. The Labute approximate surface area is 84.9 Å². The minimum Gasteiger partial charge on any atom is -0.282 e. The van der Waals surface area contributed by atoms with Crippen LogP contribution in [0.15, 0.2) is 28.0 Å². The molecule has 1 aromatic carbocycles. The van der Waals surface area contributed by atoms with Gasteiger partial charge in [-0.25, -0.2) is 4.39 Å². The van der Waals surface area contributed by atoms with Crippen molar-refractivity contribution in [2.75, 3.05) is 0 Å². The lowest BCUT2D eigenvalue weighted by atomic mass is 10.3. The van der Waals surface area contributed by atoms with Crippen LogP contribution in [0.3, 0.4) is 0 Å². The Morgan fingerprint density at radius 1 is 1.00 bits per heavy atom. The van der Waals surface area contributed by atoms with Crippen molar-refractivity contribution in [3.8, 4) is 0 Å². The highest BCUT2D eigenvalue weighted by molar-refractivity contribution is 7.89. The molecule has 15 heavy (non-hydrogen) atoms. The molecule has 0 spiro atoms. The molecular formula is C6H5FO6S2. The molecule has 0 aromatic heterocycles. The van der Waals surface area contributed by atoms with Gasteiger partial charge in [-0.1, -0.05) is 6.07 Å². The van der Waals surface area contributed by atoms with E-state index in [0.29, 0.717) is 12.1 Å². The van der Waals surface area contributed by atoms with Crippen molar-refractivity contribution in [2.45, 2.75) is 9.79 Å². The molecule has 0 fully saturated rings. The van der Waals surface area contributed by atoms with Gasteiger partial charge in [-0.15, -0.1) is 0 Å². The lowest BCUT2D eigenvalue weighted by Gasteiger charge is -2.04. The Balaban J connectivity index is 3.79. The van der Waals surface area contributed by atoms with Gasteiger partial charge in [0.15, 0.2) is 4.90 Å². The first kappa shape index (κ1) is 12.0. The number of rotatable bonds is 2. The van der Waals surface area contributed by atoms with Crippen molar-refractivity contribution >= 4 is 20.2 Å². The molecule has 0 radical (unpaired) electrons. The summed E-state index contributed by atoms with van der Waals surface area (Å²) < 4.78 is 72.8. The minimum absolute atomic E-state index is 0.637. The maximum Gasteiger partial charge on any atom is 0.298 e. The summed E-state index contributed by atoms with van der Waals surface area (Å²) >= 11 is 0. The van der Waals surface area contributed by atoms with Crippen LogP contribution in [0.2, 0.25) is 0 Å². The number of halogens is 1. The molecule has 0 heterocycles. The standard InChI is InChI=1S/C6H5FO6S2/c7-4-2-1-3-5(14(8,9)10)6(4)15(11,12)13/h1-3H,(H,8,9,10)(H,11,12,13). The number of benzene rings is 1. The van der Waals surface area contributed by atoms with Crippen molar-refractivity contribution in [2.24, 2.45) is 0 Å². The second kappa shape index (κ2) is 3.52. The Kier molecular flexibility index (Phi) is 2.83. The largest absolute Gasteiger partial charge is 0.298 e. The molecule has 0 saturated heterocycles. The Bertz CT molecular complexity index is 588. The van der Waals surface area contributed by atoms with Gasteiger partial charge in [0.25, 0.3) is 20.2 Å². The van der Waals surface area contributed by atoms with E-state index in [-0.39, 0.29) is 0 Å². The van der Waals surface area contributed by atoms with E-state index in [1.165, 1.54) is 0 Å². The van der Waals surface area contributed by atoms with Crippen LogP contribution in [-0.2, 0) is 20.2 Å². The molecule has 0 aliphatic carbocycles. The molecule has 6 nitrogen and oxygen atoms in total. The highest BCUT2D eigenvalue weighted by Crippen LogP contribution is 2.23. The molecule has 0 aliphatic rings. The number of hydrogen-bond acceptors (Lipinski definition) is 4. The smallest absolute Gasteiger partial charge is 0.282 e. The second-order valence-electron chi connectivity index (χ2n) is 2.52. The van der Waals surface area contributed by atoms with E-state index in [1.807, 2.05) is 0 Å². The van der Waals surface area contributed by atoms with Gasteiger partial charge in [-0.05, 0) is 12.1 Å². The molecule has 0 aliphatic heterocycles. The molecule has 9 heteroatoms. The summed E-state index contributed by atoms with van der Waals surface area (Å²) in [6, 6.07) is 2.17. The molecular weight excluding hydrogens is 251 g/mol. The van der Waals surface area contributed by atoms with Gasteiger partial charge in [-0.2, -0.15) is 16.8 Å². The molecule has 0 atom stereocenters. The molecule has 1 rings (SSSR count). The van der Waals surface area contributed by atoms with E-state index < -0.39 is 35.8 Å². The average Bonchev–Trinajstić information content (AvgIpc) is 1.99. The van der Waals surface area contributed by atoms with E-state index in [1.54, 1.807) is 0 Å². The highest BCUT2D eigenvalue weighted by Gasteiger charge is 2.27. The number of hydrogen-bond donors (Lipinski definition) is 2. The van der Waals surface area contributed by atoms with Crippen molar-refractivity contribution in [1.29, 1.82) is 0 Å². The summed E-state index contributed by atoms with van der Waals surface area (Å²) in [4.78, 5) is -2.67. The first-order chi connectivity index (χ1) is 6.64. The topological polar surface area (TPSA) is 109 Å². The van der Waals surface area contributed by atoms with Crippen molar-refractivity contribution in [1.82, 2.24) is 0 Å². The van der Waals surface area contributed by atoms with E-state index in [0.717, 1.165) is 6.07 Å². The molecule has 2 N–H and O–H groups in total. The Hall–Kier alpha value is -1.03. The second-order valence-corrected chi connectivity index (χ2v) is 5.27. The van der Waals surface area contributed by atoms with Crippen molar-refractivity contribution < 1.29 is 30.3 Å². The van der Waals surface area contributed by atoms with Gasteiger partial charge in [0.05, 0.1) is 0 Å². The maximum absolute atomic E-state index is 13.0. The van der Waals surface area contributed by atoms with Gasteiger partial charge in [0, 0.05) is 0 Å². The third-order valence-electron chi connectivity index (χ3n) is 1.47. The normalized spacial score (nSPS) is 12.7. The van der Waals surface area contributed by atoms with Crippen LogP contribution in [-0.4, -0.2) is 25.9 Å². The summed E-state index contributed by atoms with van der Waals surface area (Å²) in [5.74, 6) is -1.47. The van der Waals surface area contributed by atoms with Crippen LogP contribution in [0.1, 0.15) is 0 Å². The van der Waals surface area contributed by atoms with E-state index in [4.69, 9.17) is 9.11 Å². The fourth-order valence-electron chi connectivity index (χ4n) is 0.943. The zero-order chi connectivity index (χ0) is 11.9. The van der Waals surface area contributed by atoms with E-state index >= 15 is 0 Å². The molecule has 1 aromatic rings. The van der Waals surface area contributed by atoms with Crippen LogP contribution >= 0.6 is 0 Å².